The fourth-order valence-electron chi connectivity index (χ4n) is 2.17. The summed E-state index contributed by atoms with van der Waals surface area (Å²) in [5.41, 5.74) is 0. The lowest BCUT2D eigenvalue weighted by molar-refractivity contribution is 0.255. The van der Waals surface area contributed by atoms with Gasteiger partial charge in [0, 0.05) is 19.7 Å². The van der Waals surface area contributed by atoms with Gasteiger partial charge in [-0.1, -0.05) is 13.3 Å². The Balaban J connectivity index is 2.72. The first kappa shape index (κ1) is 16.5. The minimum Gasteiger partial charge on any atom is -0.490 e. The van der Waals surface area contributed by atoms with Crippen LogP contribution in [0.15, 0.2) is 6.33 Å². The van der Waals surface area contributed by atoms with E-state index >= 15 is 0 Å². The molecule has 3 N–H and O–H groups in total. The highest BCUT2D eigenvalue weighted by Gasteiger charge is 2.13. The lowest BCUT2D eigenvalue weighted by Crippen LogP contribution is -2.17. The van der Waals surface area contributed by atoms with Crippen molar-refractivity contribution in [2.24, 2.45) is 5.92 Å². The zero-order valence-corrected chi connectivity index (χ0v) is 12.6. The summed E-state index contributed by atoms with van der Waals surface area (Å²) >= 11 is 0. The Kier molecular flexibility index (Phi) is 7.72. The molecule has 6 heteroatoms. The normalized spacial score (nSPS) is 12.0. The smallest absolute Gasteiger partial charge is 0.204 e. The van der Waals surface area contributed by atoms with Crippen molar-refractivity contribution in [3.05, 3.63) is 6.33 Å². The van der Waals surface area contributed by atoms with Gasteiger partial charge in [-0.05, 0) is 25.7 Å². The predicted molar refractivity (Wildman–Crippen MR) is 81.3 cm³/mol. The van der Waals surface area contributed by atoms with Crippen molar-refractivity contribution in [1.82, 2.24) is 9.97 Å². The number of hydrogen-bond donors (Lipinski definition) is 3. The van der Waals surface area contributed by atoms with E-state index in [1.807, 2.05) is 6.92 Å². The molecule has 0 bridgehead atoms. The molecule has 6 nitrogen and oxygen atoms in total. The highest BCUT2D eigenvalue weighted by atomic mass is 16.5. The van der Waals surface area contributed by atoms with Gasteiger partial charge in [0.1, 0.15) is 6.33 Å². The Bertz CT molecular complexity index is 381. The van der Waals surface area contributed by atoms with Crippen LogP contribution in [0.25, 0.3) is 0 Å². The highest BCUT2D eigenvalue weighted by molar-refractivity contribution is 5.63. The summed E-state index contributed by atoms with van der Waals surface area (Å²) < 4.78 is 5.38. The predicted octanol–water partition coefficient (Wildman–Crippen LogP) is 2.13. The molecule has 1 atom stereocenters. The molecular weight excluding hydrogens is 256 g/mol. The molecule has 114 valence electrons. The van der Waals surface area contributed by atoms with Crippen molar-refractivity contribution >= 4 is 11.6 Å². The van der Waals surface area contributed by atoms with Gasteiger partial charge in [-0.15, -0.1) is 0 Å². The maximum Gasteiger partial charge on any atom is 0.204 e. The molecule has 0 radical (unpaired) electrons. The Hall–Kier alpha value is -1.56. The van der Waals surface area contributed by atoms with Crippen LogP contribution in [0.3, 0.4) is 0 Å². The van der Waals surface area contributed by atoms with Crippen LogP contribution < -0.4 is 15.4 Å². The van der Waals surface area contributed by atoms with E-state index < -0.39 is 0 Å². The Labute approximate surface area is 121 Å². The van der Waals surface area contributed by atoms with Gasteiger partial charge in [0.15, 0.2) is 11.6 Å². The van der Waals surface area contributed by atoms with Gasteiger partial charge in [0.05, 0.1) is 7.11 Å². The standard InChI is InChI=1S/C14H26N4O2/c1-4-6-11(7-8-19)9-16-14-12(20-3)13(15-5-2)17-10-18-14/h10-11,19H,4-9H2,1-3H3,(H2,15,16,17,18). The van der Waals surface area contributed by atoms with Crippen molar-refractivity contribution < 1.29 is 9.84 Å². The van der Waals surface area contributed by atoms with Crippen LogP contribution in [0.2, 0.25) is 0 Å². The average Bonchev–Trinajstić information content (AvgIpc) is 2.45. The number of aromatic nitrogens is 2. The molecule has 0 amide bonds. The molecule has 20 heavy (non-hydrogen) atoms. The van der Waals surface area contributed by atoms with Crippen LogP contribution in [-0.4, -0.2) is 41.9 Å². The van der Waals surface area contributed by atoms with E-state index in [2.05, 4.69) is 27.5 Å². The van der Waals surface area contributed by atoms with E-state index in [1.165, 1.54) is 6.33 Å². The summed E-state index contributed by atoms with van der Waals surface area (Å²) in [4.78, 5) is 8.41. The third-order valence-electron chi connectivity index (χ3n) is 3.14. The molecular formula is C14H26N4O2. The van der Waals surface area contributed by atoms with Gasteiger partial charge < -0.3 is 20.5 Å². The summed E-state index contributed by atoms with van der Waals surface area (Å²) in [6.07, 6.45) is 4.51. The molecule has 0 fully saturated rings. The molecule has 1 aromatic heterocycles. The number of hydrogen-bond acceptors (Lipinski definition) is 6. The van der Waals surface area contributed by atoms with Crippen LogP contribution >= 0.6 is 0 Å². The van der Waals surface area contributed by atoms with Gasteiger partial charge in [-0.25, -0.2) is 9.97 Å². The highest BCUT2D eigenvalue weighted by Crippen LogP contribution is 2.29. The van der Waals surface area contributed by atoms with E-state index in [0.29, 0.717) is 23.3 Å². The summed E-state index contributed by atoms with van der Waals surface area (Å²) in [6, 6.07) is 0. The molecule has 1 heterocycles. The van der Waals surface area contributed by atoms with Crippen LogP contribution in [0.4, 0.5) is 11.6 Å². The summed E-state index contributed by atoms with van der Waals surface area (Å²) in [6.45, 7) is 5.92. The molecule has 0 saturated heterocycles. The number of aliphatic hydroxyl groups is 1. The fourth-order valence-corrected chi connectivity index (χ4v) is 2.17. The number of nitrogens with one attached hydrogen (secondary N) is 2. The summed E-state index contributed by atoms with van der Waals surface area (Å²) in [7, 11) is 1.61. The summed E-state index contributed by atoms with van der Waals surface area (Å²) in [5.74, 6) is 2.46. The monoisotopic (exact) mass is 282 g/mol. The lowest BCUT2D eigenvalue weighted by Gasteiger charge is -2.18. The number of rotatable bonds is 10. The van der Waals surface area contributed by atoms with E-state index in [0.717, 1.165) is 32.4 Å². The molecule has 1 rings (SSSR count). The third kappa shape index (κ3) is 4.85. The largest absolute Gasteiger partial charge is 0.490 e. The Morgan fingerprint density at radius 3 is 2.45 bits per heavy atom. The molecule has 0 aliphatic carbocycles. The van der Waals surface area contributed by atoms with Gasteiger partial charge in [0.25, 0.3) is 0 Å². The molecule has 0 spiro atoms. The lowest BCUT2D eigenvalue weighted by atomic mass is 10.0. The number of anilines is 2. The third-order valence-corrected chi connectivity index (χ3v) is 3.14. The molecule has 0 aliphatic heterocycles. The minimum absolute atomic E-state index is 0.218. The van der Waals surface area contributed by atoms with Crippen LogP contribution in [0.5, 0.6) is 5.75 Å². The van der Waals surface area contributed by atoms with Gasteiger partial charge in [-0.2, -0.15) is 0 Å². The van der Waals surface area contributed by atoms with E-state index in [1.54, 1.807) is 7.11 Å². The molecule has 1 aromatic rings. The van der Waals surface area contributed by atoms with E-state index in [9.17, 15) is 0 Å². The number of nitrogens with zero attached hydrogens (tertiary/aromatic N) is 2. The van der Waals surface area contributed by atoms with Gasteiger partial charge >= 0.3 is 0 Å². The minimum atomic E-state index is 0.218. The van der Waals surface area contributed by atoms with Crippen LogP contribution in [0.1, 0.15) is 33.1 Å². The number of methoxy groups -OCH3 is 1. The second kappa shape index (κ2) is 9.36. The van der Waals surface area contributed by atoms with Crippen molar-refractivity contribution in [3.63, 3.8) is 0 Å². The van der Waals surface area contributed by atoms with Crippen molar-refractivity contribution in [1.29, 1.82) is 0 Å². The molecule has 0 aromatic carbocycles. The van der Waals surface area contributed by atoms with Crippen molar-refractivity contribution in [2.75, 3.05) is 37.4 Å². The van der Waals surface area contributed by atoms with E-state index in [4.69, 9.17) is 9.84 Å². The molecule has 1 unspecified atom stereocenters. The van der Waals surface area contributed by atoms with Crippen molar-refractivity contribution in [2.45, 2.75) is 33.1 Å². The van der Waals surface area contributed by atoms with Crippen LogP contribution in [0, 0.1) is 5.92 Å². The first-order valence-electron chi connectivity index (χ1n) is 7.24. The first-order valence-corrected chi connectivity index (χ1v) is 7.24. The van der Waals surface area contributed by atoms with Crippen molar-refractivity contribution in [3.8, 4) is 5.75 Å². The first-order chi connectivity index (χ1) is 9.76. The molecule has 0 aliphatic rings. The summed E-state index contributed by atoms with van der Waals surface area (Å²) in [5, 5.41) is 15.5. The average molecular weight is 282 g/mol. The van der Waals surface area contributed by atoms with E-state index in [-0.39, 0.29) is 6.61 Å². The molecule has 0 saturated carbocycles. The maximum absolute atomic E-state index is 9.09. The Morgan fingerprint density at radius 2 is 1.90 bits per heavy atom. The van der Waals surface area contributed by atoms with Crippen LogP contribution in [-0.2, 0) is 0 Å². The SMILES string of the molecule is CCCC(CCO)CNc1ncnc(NCC)c1OC. The second-order valence-electron chi connectivity index (χ2n) is 4.68. The number of ether oxygens (including phenoxy) is 1. The topological polar surface area (TPSA) is 79.3 Å². The maximum atomic E-state index is 9.09. The van der Waals surface area contributed by atoms with Gasteiger partial charge in [0.2, 0.25) is 5.75 Å². The quantitative estimate of drug-likeness (QED) is 0.610. The fraction of sp³-hybridized carbons (Fsp3) is 0.714. The Morgan fingerprint density at radius 1 is 1.20 bits per heavy atom. The zero-order chi connectivity index (χ0) is 14.8. The second-order valence-corrected chi connectivity index (χ2v) is 4.68. The van der Waals surface area contributed by atoms with Gasteiger partial charge in [-0.3, -0.25) is 0 Å². The number of aliphatic hydroxyl groups excluding tert-OH is 1. The zero-order valence-electron chi connectivity index (χ0n) is 12.6.